The highest BCUT2D eigenvalue weighted by Crippen LogP contribution is 2.48. The number of H-pyrrole nitrogens is 1. The van der Waals surface area contributed by atoms with Crippen molar-refractivity contribution >= 4 is 11.8 Å². The van der Waals surface area contributed by atoms with Crippen LogP contribution in [-0.2, 0) is 0 Å². The normalized spacial score (nSPS) is 26.2. The Labute approximate surface area is 145 Å². The molecule has 7 nitrogen and oxygen atoms in total. The number of carboxylic acids is 1. The zero-order valence-electron chi connectivity index (χ0n) is 13.9. The van der Waals surface area contributed by atoms with Gasteiger partial charge in [-0.3, -0.25) is 5.10 Å². The second-order valence-electron chi connectivity index (χ2n) is 7.55. The fourth-order valence-corrected chi connectivity index (χ4v) is 4.00. The quantitative estimate of drug-likeness (QED) is 0.868. The van der Waals surface area contributed by atoms with Gasteiger partial charge in [0.25, 0.3) is 0 Å². The summed E-state index contributed by atoms with van der Waals surface area (Å²) in [5.41, 5.74) is 0.0969. The molecule has 3 fully saturated rings. The van der Waals surface area contributed by atoms with Gasteiger partial charge in [0, 0.05) is 24.9 Å². The Balaban J connectivity index is 1.41. The van der Waals surface area contributed by atoms with Crippen molar-refractivity contribution in [3.63, 3.8) is 0 Å². The van der Waals surface area contributed by atoms with Gasteiger partial charge in [0.1, 0.15) is 11.6 Å². The van der Waals surface area contributed by atoms with Crippen LogP contribution in [0.2, 0.25) is 0 Å². The van der Waals surface area contributed by atoms with Crippen LogP contribution in [0.5, 0.6) is 0 Å². The third kappa shape index (κ3) is 2.77. The Hall–Kier alpha value is -2.44. The summed E-state index contributed by atoms with van der Waals surface area (Å²) in [7, 11) is 0. The van der Waals surface area contributed by atoms with E-state index in [9.17, 15) is 9.90 Å². The van der Waals surface area contributed by atoms with Crippen LogP contribution in [0.1, 0.15) is 59.7 Å². The number of anilines is 1. The average molecular weight is 339 g/mol. The molecule has 2 aromatic rings. The van der Waals surface area contributed by atoms with Gasteiger partial charge >= 0.3 is 5.97 Å². The molecule has 0 spiro atoms. The molecule has 2 saturated carbocycles. The number of carbonyl (C=O) groups is 1. The molecule has 3 heterocycles. The van der Waals surface area contributed by atoms with Gasteiger partial charge in [0.15, 0.2) is 11.5 Å². The Morgan fingerprint density at radius 1 is 1.16 bits per heavy atom. The van der Waals surface area contributed by atoms with Crippen molar-refractivity contribution in [2.24, 2.45) is 11.8 Å². The summed E-state index contributed by atoms with van der Waals surface area (Å²) in [6, 6.07) is 5.20. The van der Waals surface area contributed by atoms with Crippen molar-refractivity contribution < 1.29 is 9.90 Å². The predicted octanol–water partition coefficient (Wildman–Crippen LogP) is 2.41. The molecule has 1 saturated heterocycles. The van der Waals surface area contributed by atoms with Crippen LogP contribution in [0.3, 0.4) is 0 Å². The highest BCUT2D eigenvalue weighted by Gasteiger charge is 2.45. The highest BCUT2D eigenvalue weighted by molar-refractivity contribution is 5.85. The van der Waals surface area contributed by atoms with E-state index in [-0.39, 0.29) is 5.69 Å². The fourth-order valence-electron chi connectivity index (χ4n) is 4.00. The van der Waals surface area contributed by atoms with E-state index in [1.54, 1.807) is 6.07 Å². The molecule has 25 heavy (non-hydrogen) atoms. The van der Waals surface area contributed by atoms with E-state index in [4.69, 9.17) is 4.98 Å². The van der Waals surface area contributed by atoms with Crippen LogP contribution in [0, 0.1) is 11.8 Å². The Kier molecular flexibility index (Phi) is 3.29. The molecule has 0 amide bonds. The number of aromatic amines is 1. The van der Waals surface area contributed by atoms with Crippen LogP contribution in [-0.4, -0.2) is 44.3 Å². The van der Waals surface area contributed by atoms with E-state index in [0.717, 1.165) is 36.5 Å². The van der Waals surface area contributed by atoms with E-state index in [0.29, 0.717) is 17.8 Å². The first kappa shape index (κ1) is 14.9. The lowest BCUT2D eigenvalue weighted by atomic mass is 9.91. The van der Waals surface area contributed by atoms with Crippen molar-refractivity contribution in [3.8, 4) is 0 Å². The van der Waals surface area contributed by atoms with Crippen molar-refractivity contribution in [2.45, 2.75) is 37.5 Å². The highest BCUT2D eigenvalue weighted by atomic mass is 16.4. The number of aromatic nitrogens is 4. The first-order valence-corrected chi connectivity index (χ1v) is 9.06. The van der Waals surface area contributed by atoms with Gasteiger partial charge in [-0.2, -0.15) is 5.10 Å². The lowest BCUT2D eigenvalue weighted by Gasteiger charge is -2.17. The topological polar surface area (TPSA) is 95.0 Å². The number of pyridine rings is 1. The number of rotatable bonds is 5. The molecule has 1 aliphatic heterocycles. The lowest BCUT2D eigenvalue weighted by molar-refractivity contribution is 0.0690. The second kappa shape index (κ2) is 5.54. The maximum absolute atomic E-state index is 11.2. The molecule has 2 atom stereocenters. The van der Waals surface area contributed by atoms with Gasteiger partial charge < -0.3 is 10.0 Å². The summed E-state index contributed by atoms with van der Waals surface area (Å²) in [5, 5.41) is 16.8. The van der Waals surface area contributed by atoms with Crippen LogP contribution >= 0.6 is 0 Å². The third-order valence-electron chi connectivity index (χ3n) is 5.68. The van der Waals surface area contributed by atoms with E-state index in [1.165, 1.54) is 31.7 Å². The maximum Gasteiger partial charge on any atom is 0.354 e. The molecular formula is C18H21N5O2. The van der Waals surface area contributed by atoms with Crippen molar-refractivity contribution in [2.75, 3.05) is 18.0 Å². The van der Waals surface area contributed by atoms with Gasteiger partial charge in [-0.15, -0.1) is 0 Å². The molecule has 3 aliphatic rings. The van der Waals surface area contributed by atoms with E-state index in [1.807, 2.05) is 6.07 Å². The minimum absolute atomic E-state index is 0.0969. The van der Waals surface area contributed by atoms with Crippen molar-refractivity contribution in [1.29, 1.82) is 0 Å². The Morgan fingerprint density at radius 3 is 2.72 bits per heavy atom. The summed E-state index contributed by atoms with van der Waals surface area (Å²) in [6.45, 7) is 1.72. The minimum atomic E-state index is -0.986. The summed E-state index contributed by atoms with van der Waals surface area (Å²) >= 11 is 0. The van der Waals surface area contributed by atoms with Crippen LogP contribution in [0.4, 0.5) is 5.82 Å². The van der Waals surface area contributed by atoms with Gasteiger partial charge in [0.05, 0.1) is 0 Å². The molecule has 0 unspecified atom stereocenters. The average Bonchev–Trinajstić information content (AvgIpc) is 3.55. The number of nitrogens with one attached hydrogen (secondary N) is 1. The Bertz CT molecular complexity index is 811. The summed E-state index contributed by atoms with van der Waals surface area (Å²) in [5.74, 6) is 3.88. The summed E-state index contributed by atoms with van der Waals surface area (Å²) in [4.78, 5) is 22.5. The number of hydrogen-bond donors (Lipinski definition) is 2. The molecule has 0 radical (unpaired) electrons. The van der Waals surface area contributed by atoms with Crippen LogP contribution < -0.4 is 4.90 Å². The van der Waals surface area contributed by atoms with Gasteiger partial charge in [-0.05, 0) is 49.7 Å². The summed E-state index contributed by atoms with van der Waals surface area (Å²) < 4.78 is 0. The second-order valence-corrected chi connectivity index (χ2v) is 7.55. The number of hydrogen-bond acceptors (Lipinski definition) is 5. The van der Waals surface area contributed by atoms with Crippen LogP contribution in [0.15, 0.2) is 18.2 Å². The monoisotopic (exact) mass is 339 g/mol. The molecule has 2 N–H and O–H groups in total. The van der Waals surface area contributed by atoms with Crippen molar-refractivity contribution in [3.05, 3.63) is 35.5 Å². The lowest BCUT2D eigenvalue weighted by Crippen LogP contribution is -2.22. The van der Waals surface area contributed by atoms with E-state index in [2.05, 4.69) is 20.1 Å². The van der Waals surface area contributed by atoms with Gasteiger partial charge in [0.2, 0.25) is 0 Å². The van der Waals surface area contributed by atoms with Gasteiger partial charge in [-0.25, -0.2) is 14.8 Å². The minimum Gasteiger partial charge on any atom is -0.477 e. The third-order valence-corrected chi connectivity index (χ3v) is 5.68. The molecule has 5 rings (SSSR count). The fraction of sp³-hybridized carbons (Fsp3) is 0.556. The molecule has 2 aromatic heterocycles. The first-order valence-electron chi connectivity index (χ1n) is 9.06. The predicted molar refractivity (Wildman–Crippen MR) is 90.7 cm³/mol. The van der Waals surface area contributed by atoms with E-state index >= 15 is 0 Å². The zero-order valence-corrected chi connectivity index (χ0v) is 13.9. The molecule has 130 valence electrons. The number of carboxylic acid groups (broad SMARTS) is 1. The molecule has 7 heteroatoms. The zero-order chi connectivity index (χ0) is 17.0. The summed E-state index contributed by atoms with van der Waals surface area (Å²) in [6.07, 6.45) is 4.96. The van der Waals surface area contributed by atoms with Crippen molar-refractivity contribution in [1.82, 2.24) is 20.2 Å². The smallest absolute Gasteiger partial charge is 0.354 e. The van der Waals surface area contributed by atoms with E-state index < -0.39 is 5.97 Å². The maximum atomic E-state index is 11.2. The molecular weight excluding hydrogens is 318 g/mol. The van der Waals surface area contributed by atoms with Gasteiger partial charge in [-0.1, -0.05) is 6.07 Å². The molecule has 0 aromatic carbocycles. The SMILES string of the molecule is O=C(O)c1cccc(N2C[C@H](c3nc(C4CC4)n[nH]3)[C@@H](C3CC3)C2)n1. The van der Waals surface area contributed by atoms with Crippen LogP contribution in [0.25, 0.3) is 0 Å². The largest absolute Gasteiger partial charge is 0.477 e. The molecule has 2 aliphatic carbocycles. The number of nitrogens with zero attached hydrogens (tertiary/aromatic N) is 4. The standard InChI is InChI=1S/C18H21N5O2/c24-18(25)14-2-1-3-15(19-14)23-8-12(10-4-5-10)13(9-23)17-20-16(21-22-17)11-6-7-11/h1-3,10-13H,4-9H2,(H,24,25)(H,20,21,22)/t12-,13+/m1/s1. The number of aromatic carboxylic acids is 1. The first-order chi connectivity index (χ1) is 12.2. The Morgan fingerprint density at radius 2 is 2.00 bits per heavy atom. The molecule has 0 bridgehead atoms.